The molecule has 3 aromatic carbocycles. The van der Waals surface area contributed by atoms with Crippen molar-refractivity contribution in [3.8, 4) is 11.1 Å². The van der Waals surface area contributed by atoms with Crippen LogP contribution in [0.25, 0.3) is 11.1 Å². The maximum absolute atomic E-state index is 13.0. The summed E-state index contributed by atoms with van der Waals surface area (Å²) in [6.45, 7) is 0.992. The predicted molar refractivity (Wildman–Crippen MR) is 139 cm³/mol. The molecule has 0 aromatic heterocycles. The molecule has 0 radical (unpaired) electrons. The first-order chi connectivity index (χ1) is 18.4. The number of alkyl carbamates (subject to hydrolysis) is 1. The van der Waals surface area contributed by atoms with E-state index in [4.69, 9.17) is 9.47 Å². The van der Waals surface area contributed by atoms with Gasteiger partial charge in [0.2, 0.25) is 5.91 Å². The van der Waals surface area contributed by atoms with Gasteiger partial charge in [-0.05, 0) is 34.7 Å². The topological polar surface area (TPSA) is 134 Å². The van der Waals surface area contributed by atoms with Gasteiger partial charge in [0.1, 0.15) is 18.7 Å². The quantitative estimate of drug-likeness (QED) is 0.307. The first kappa shape index (κ1) is 26.8. The zero-order valence-corrected chi connectivity index (χ0v) is 20.9. The number of hydrogen-bond donors (Lipinski definition) is 4. The zero-order chi connectivity index (χ0) is 27.1. The number of hydrogen-bond acceptors (Lipinski definition) is 6. The van der Waals surface area contributed by atoms with Gasteiger partial charge in [0, 0.05) is 5.92 Å². The summed E-state index contributed by atoms with van der Waals surface area (Å²) >= 11 is 0. The largest absolute Gasteiger partial charge is 0.480 e. The number of fused-ring (bicyclic) bond motifs is 3. The standard InChI is InChI=1S/C29H30N2O7/c1-18(37-16-19-9-3-2-4-10-19)26(27(33)30-25(15-32)28(34)35)31-29(36)38-17-24-22-13-7-5-11-20(22)21-12-6-8-14-23(21)24/h2-14,18,24-26,32H,15-17H2,1H3,(H,30,33)(H,31,36)(H,34,35)/t18-,25+,26+/m0/s1. The second-order valence-corrected chi connectivity index (χ2v) is 9.03. The van der Waals surface area contributed by atoms with E-state index in [0.29, 0.717) is 0 Å². The molecule has 0 spiro atoms. The highest BCUT2D eigenvalue weighted by molar-refractivity contribution is 5.89. The number of aliphatic hydroxyl groups excluding tert-OH is 1. The Labute approximate surface area is 220 Å². The van der Waals surface area contributed by atoms with Crippen molar-refractivity contribution in [3.05, 3.63) is 95.6 Å². The van der Waals surface area contributed by atoms with Gasteiger partial charge in [-0.15, -0.1) is 0 Å². The number of ether oxygens (including phenoxy) is 2. The van der Waals surface area contributed by atoms with Gasteiger partial charge >= 0.3 is 12.1 Å². The summed E-state index contributed by atoms with van der Waals surface area (Å²) in [5.74, 6) is -2.39. The Kier molecular flexibility index (Phi) is 8.73. The van der Waals surface area contributed by atoms with Crippen molar-refractivity contribution >= 4 is 18.0 Å². The Morgan fingerprint density at radius 3 is 2.03 bits per heavy atom. The van der Waals surface area contributed by atoms with E-state index in [1.165, 1.54) is 0 Å². The molecule has 0 unspecified atom stereocenters. The van der Waals surface area contributed by atoms with Crippen molar-refractivity contribution < 1.29 is 34.1 Å². The Hall–Kier alpha value is -4.21. The molecule has 2 amide bonds. The summed E-state index contributed by atoms with van der Waals surface area (Å²) < 4.78 is 11.4. The van der Waals surface area contributed by atoms with Crippen LogP contribution in [-0.4, -0.2) is 59.6 Å². The predicted octanol–water partition coefficient (Wildman–Crippen LogP) is 3.06. The van der Waals surface area contributed by atoms with Gasteiger partial charge in [0.15, 0.2) is 0 Å². The SMILES string of the molecule is C[C@H](OCc1ccccc1)[C@@H](NC(=O)OCC1c2ccccc2-c2ccccc21)C(=O)N[C@H](CO)C(=O)O. The summed E-state index contributed by atoms with van der Waals surface area (Å²) in [5.41, 5.74) is 5.12. The minimum atomic E-state index is -1.53. The molecule has 0 heterocycles. The molecular formula is C29H30N2O7. The van der Waals surface area contributed by atoms with Crippen molar-refractivity contribution in [2.45, 2.75) is 37.6 Å². The van der Waals surface area contributed by atoms with E-state index in [0.717, 1.165) is 27.8 Å². The number of benzene rings is 3. The molecule has 0 aliphatic heterocycles. The molecular weight excluding hydrogens is 488 g/mol. The third-order valence-electron chi connectivity index (χ3n) is 6.52. The van der Waals surface area contributed by atoms with Gasteiger partial charge in [0.05, 0.1) is 19.3 Å². The van der Waals surface area contributed by atoms with E-state index in [-0.39, 0.29) is 19.1 Å². The van der Waals surface area contributed by atoms with Crippen molar-refractivity contribution in [2.24, 2.45) is 0 Å². The van der Waals surface area contributed by atoms with Crippen LogP contribution in [0.5, 0.6) is 0 Å². The molecule has 0 bridgehead atoms. The van der Waals surface area contributed by atoms with E-state index in [9.17, 15) is 24.6 Å². The van der Waals surface area contributed by atoms with Crippen LogP contribution in [0.3, 0.4) is 0 Å². The summed E-state index contributed by atoms with van der Waals surface area (Å²) in [6.07, 6.45) is -1.69. The molecule has 9 nitrogen and oxygen atoms in total. The number of amides is 2. The fourth-order valence-corrected chi connectivity index (χ4v) is 4.51. The minimum absolute atomic E-state index is 0.0435. The average Bonchev–Trinajstić information content (AvgIpc) is 3.26. The van der Waals surface area contributed by atoms with Gasteiger partial charge in [-0.2, -0.15) is 0 Å². The Balaban J connectivity index is 1.45. The number of carboxylic acids is 1. The molecule has 0 saturated heterocycles. The second-order valence-electron chi connectivity index (χ2n) is 9.03. The zero-order valence-electron chi connectivity index (χ0n) is 20.9. The van der Waals surface area contributed by atoms with E-state index in [1.807, 2.05) is 78.9 Å². The highest BCUT2D eigenvalue weighted by atomic mass is 16.5. The van der Waals surface area contributed by atoms with E-state index < -0.39 is 42.8 Å². The van der Waals surface area contributed by atoms with E-state index in [1.54, 1.807) is 6.92 Å². The summed E-state index contributed by atoms with van der Waals surface area (Å²) in [5, 5.41) is 23.3. The molecule has 4 rings (SSSR count). The molecule has 1 aliphatic carbocycles. The smallest absolute Gasteiger partial charge is 0.407 e. The number of carboxylic acid groups (broad SMARTS) is 1. The third-order valence-corrected chi connectivity index (χ3v) is 6.52. The van der Waals surface area contributed by atoms with Gasteiger partial charge < -0.3 is 30.3 Å². The first-order valence-electron chi connectivity index (χ1n) is 12.3. The fraction of sp³-hybridized carbons (Fsp3) is 0.276. The number of aliphatic carboxylic acids is 1. The normalized spacial score (nSPS) is 14.5. The average molecular weight is 519 g/mol. The highest BCUT2D eigenvalue weighted by Gasteiger charge is 2.33. The van der Waals surface area contributed by atoms with Crippen LogP contribution in [0.4, 0.5) is 4.79 Å². The lowest BCUT2D eigenvalue weighted by Crippen LogP contribution is -2.57. The van der Waals surface area contributed by atoms with Gasteiger partial charge in [-0.3, -0.25) is 4.79 Å². The number of carbonyl (C=O) groups is 3. The van der Waals surface area contributed by atoms with Crippen LogP contribution in [0, 0.1) is 0 Å². The Bertz CT molecular complexity index is 1240. The van der Waals surface area contributed by atoms with E-state index in [2.05, 4.69) is 10.6 Å². The molecule has 4 N–H and O–H groups in total. The molecule has 0 saturated carbocycles. The fourth-order valence-electron chi connectivity index (χ4n) is 4.51. The van der Waals surface area contributed by atoms with Crippen molar-refractivity contribution in [1.29, 1.82) is 0 Å². The number of nitrogens with one attached hydrogen (secondary N) is 2. The van der Waals surface area contributed by atoms with Crippen molar-refractivity contribution in [3.63, 3.8) is 0 Å². The van der Waals surface area contributed by atoms with Crippen LogP contribution in [0.15, 0.2) is 78.9 Å². The molecule has 38 heavy (non-hydrogen) atoms. The molecule has 3 aromatic rings. The lowest BCUT2D eigenvalue weighted by atomic mass is 9.98. The second kappa shape index (κ2) is 12.4. The first-order valence-corrected chi connectivity index (χ1v) is 12.3. The van der Waals surface area contributed by atoms with Crippen molar-refractivity contribution in [1.82, 2.24) is 10.6 Å². The molecule has 3 atom stereocenters. The Morgan fingerprint density at radius 2 is 1.45 bits per heavy atom. The maximum Gasteiger partial charge on any atom is 0.407 e. The monoisotopic (exact) mass is 518 g/mol. The molecule has 1 aliphatic rings. The number of carbonyl (C=O) groups excluding carboxylic acids is 2. The third kappa shape index (κ3) is 6.19. The Morgan fingerprint density at radius 1 is 0.868 bits per heavy atom. The van der Waals surface area contributed by atoms with Crippen LogP contribution in [-0.2, 0) is 25.7 Å². The summed E-state index contributed by atoms with van der Waals surface area (Å²) in [7, 11) is 0. The van der Waals surface area contributed by atoms with Crippen LogP contribution >= 0.6 is 0 Å². The van der Waals surface area contributed by atoms with Gasteiger partial charge in [0.25, 0.3) is 0 Å². The molecule has 0 fully saturated rings. The van der Waals surface area contributed by atoms with E-state index >= 15 is 0 Å². The highest BCUT2D eigenvalue weighted by Crippen LogP contribution is 2.44. The lowest BCUT2D eigenvalue weighted by molar-refractivity contribution is -0.144. The van der Waals surface area contributed by atoms with Crippen LogP contribution in [0.1, 0.15) is 29.5 Å². The maximum atomic E-state index is 13.0. The molecule has 9 heteroatoms. The number of rotatable bonds is 11. The minimum Gasteiger partial charge on any atom is -0.480 e. The summed E-state index contributed by atoms with van der Waals surface area (Å²) in [6, 6.07) is 22.3. The molecule has 198 valence electrons. The van der Waals surface area contributed by atoms with Gasteiger partial charge in [-0.1, -0.05) is 78.9 Å². The van der Waals surface area contributed by atoms with Gasteiger partial charge in [-0.25, -0.2) is 9.59 Å². The van der Waals surface area contributed by atoms with Crippen LogP contribution < -0.4 is 10.6 Å². The lowest BCUT2D eigenvalue weighted by Gasteiger charge is -2.26. The number of aliphatic hydroxyl groups is 1. The van der Waals surface area contributed by atoms with Crippen molar-refractivity contribution in [2.75, 3.05) is 13.2 Å². The van der Waals surface area contributed by atoms with Crippen LogP contribution in [0.2, 0.25) is 0 Å². The summed E-state index contributed by atoms with van der Waals surface area (Å²) in [4.78, 5) is 37.2.